The van der Waals surface area contributed by atoms with E-state index in [0.29, 0.717) is 11.4 Å². The van der Waals surface area contributed by atoms with Crippen LogP contribution in [0.15, 0.2) is 6.20 Å². The van der Waals surface area contributed by atoms with Crippen LogP contribution in [0.1, 0.15) is 51.3 Å². The molecule has 6 heteroatoms. The van der Waals surface area contributed by atoms with Gasteiger partial charge in [0.05, 0.1) is 23.3 Å². The molecule has 0 aliphatic carbocycles. The van der Waals surface area contributed by atoms with Gasteiger partial charge >= 0.3 is 5.97 Å². The van der Waals surface area contributed by atoms with E-state index in [1.165, 1.54) is 0 Å². The molecule has 5 nitrogen and oxygen atoms in total. The monoisotopic (exact) mass is 349 g/mol. The third-order valence-electron chi connectivity index (χ3n) is 4.08. The molecule has 2 heterocycles. The molecule has 0 radical (unpaired) electrons. The second-order valence-electron chi connectivity index (χ2n) is 7.29. The lowest BCUT2D eigenvalue weighted by Gasteiger charge is -2.35. The Bertz CT molecular complexity index is 661. The first-order chi connectivity index (χ1) is 11.2. The first kappa shape index (κ1) is 18.5. The van der Waals surface area contributed by atoms with E-state index < -0.39 is 5.60 Å². The van der Waals surface area contributed by atoms with Gasteiger partial charge in [-0.1, -0.05) is 11.6 Å². The summed E-state index contributed by atoms with van der Waals surface area (Å²) in [4.78, 5) is 18.4. The lowest BCUT2D eigenvalue weighted by Crippen LogP contribution is -2.37. The molecule has 24 heavy (non-hydrogen) atoms. The van der Waals surface area contributed by atoms with E-state index in [9.17, 15) is 4.79 Å². The van der Waals surface area contributed by atoms with Crippen molar-refractivity contribution in [2.45, 2.75) is 52.6 Å². The molecule has 0 aromatic carbocycles. The normalized spacial score (nSPS) is 18.2. The Morgan fingerprint density at radius 1 is 1.54 bits per heavy atom. The summed E-state index contributed by atoms with van der Waals surface area (Å²) in [7, 11) is 0. The van der Waals surface area contributed by atoms with Crippen LogP contribution < -0.4 is 4.90 Å². The standard InChI is InChI=1S/C18H24ClN3O2/c1-12-15(10-21-14(9-20)17(12)19)22-7-5-6-13(11-22)8-16(23)24-18(2,3)4/h10,13H,5-8,11H2,1-4H3/t13-/m0/s1. The second kappa shape index (κ2) is 7.40. The van der Waals surface area contributed by atoms with E-state index in [-0.39, 0.29) is 17.6 Å². The first-order valence-electron chi connectivity index (χ1n) is 8.23. The SMILES string of the molecule is Cc1c(N2CCC[C@@H](CC(=O)OC(C)(C)C)C2)cnc(C#N)c1Cl. The minimum atomic E-state index is -0.452. The van der Waals surface area contributed by atoms with Crippen molar-refractivity contribution in [1.82, 2.24) is 4.98 Å². The van der Waals surface area contributed by atoms with Gasteiger partial charge in [-0.25, -0.2) is 4.98 Å². The molecule has 1 saturated heterocycles. The lowest BCUT2D eigenvalue weighted by molar-refractivity contribution is -0.156. The minimum absolute atomic E-state index is 0.151. The van der Waals surface area contributed by atoms with Crippen LogP contribution in [0, 0.1) is 24.2 Å². The largest absolute Gasteiger partial charge is 0.460 e. The van der Waals surface area contributed by atoms with Gasteiger partial charge < -0.3 is 9.64 Å². The summed E-state index contributed by atoms with van der Waals surface area (Å²) < 4.78 is 5.43. The third-order valence-corrected chi connectivity index (χ3v) is 4.54. The zero-order chi connectivity index (χ0) is 17.9. The highest BCUT2D eigenvalue weighted by atomic mass is 35.5. The average molecular weight is 350 g/mol. The predicted octanol–water partition coefficient (Wildman–Crippen LogP) is 3.86. The van der Waals surface area contributed by atoms with Crippen molar-refractivity contribution in [3.8, 4) is 6.07 Å². The average Bonchev–Trinajstić information content (AvgIpc) is 2.48. The van der Waals surface area contributed by atoms with Crippen molar-refractivity contribution >= 4 is 23.3 Å². The number of hydrogen-bond acceptors (Lipinski definition) is 5. The highest BCUT2D eigenvalue weighted by molar-refractivity contribution is 6.32. The van der Waals surface area contributed by atoms with E-state index in [0.717, 1.165) is 37.2 Å². The van der Waals surface area contributed by atoms with E-state index >= 15 is 0 Å². The van der Waals surface area contributed by atoms with Gasteiger partial charge in [0.25, 0.3) is 0 Å². The van der Waals surface area contributed by atoms with E-state index in [1.807, 2.05) is 33.8 Å². The summed E-state index contributed by atoms with van der Waals surface area (Å²) in [6.45, 7) is 9.21. The molecule has 1 atom stereocenters. The molecule has 0 amide bonds. The smallest absolute Gasteiger partial charge is 0.306 e. The fourth-order valence-corrected chi connectivity index (χ4v) is 3.22. The minimum Gasteiger partial charge on any atom is -0.460 e. The number of nitrogens with zero attached hydrogens (tertiary/aromatic N) is 3. The Labute approximate surface area is 148 Å². The van der Waals surface area contributed by atoms with Gasteiger partial charge in [-0.05, 0) is 52.0 Å². The van der Waals surface area contributed by atoms with Gasteiger partial charge in [-0.3, -0.25) is 4.79 Å². The number of pyridine rings is 1. The summed E-state index contributed by atoms with van der Waals surface area (Å²) in [5.41, 5.74) is 1.60. The third kappa shape index (κ3) is 4.61. The molecule has 0 bridgehead atoms. The number of piperidine rings is 1. The van der Waals surface area contributed by atoms with Crippen LogP contribution in [0.25, 0.3) is 0 Å². The van der Waals surface area contributed by atoms with Crippen LogP contribution >= 0.6 is 11.6 Å². The molecule has 2 rings (SSSR count). The number of ether oxygens (including phenoxy) is 1. The van der Waals surface area contributed by atoms with Crippen molar-refractivity contribution in [1.29, 1.82) is 5.26 Å². The van der Waals surface area contributed by atoms with Gasteiger partial charge in [0.2, 0.25) is 0 Å². The number of rotatable bonds is 3. The number of esters is 1. The first-order valence-corrected chi connectivity index (χ1v) is 8.61. The number of nitriles is 1. The van der Waals surface area contributed by atoms with Gasteiger partial charge in [0.15, 0.2) is 5.69 Å². The predicted molar refractivity (Wildman–Crippen MR) is 94.1 cm³/mol. The van der Waals surface area contributed by atoms with Crippen LogP contribution in [-0.2, 0) is 9.53 Å². The molecule has 0 spiro atoms. The van der Waals surface area contributed by atoms with Gasteiger partial charge in [0.1, 0.15) is 11.7 Å². The molecule has 1 fully saturated rings. The maximum absolute atomic E-state index is 12.1. The summed E-state index contributed by atoms with van der Waals surface area (Å²) in [5, 5.41) is 9.42. The van der Waals surface area contributed by atoms with Crippen molar-refractivity contribution in [2.24, 2.45) is 5.92 Å². The van der Waals surface area contributed by atoms with E-state index in [1.54, 1.807) is 6.20 Å². The van der Waals surface area contributed by atoms with Crippen LogP contribution in [0.2, 0.25) is 5.02 Å². The van der Waals surface area contributed by atoms with Crippen molar-refractivity contribution in [3.05, 3.63) is 22.5 Å². The zero-order valence-corrected chi connectivity index (χ0v) is 15.5. The maximum Gasteiger partial charge on any atom is 0.306 e. The molecule has 0 unspecified atom stereocenters. The summed E-state index contributed by atoms with van der Waals surface area (Å²) in [6.07, 6.45) is 4.14. The number of hydrogen-bond donors (Lipinski definition) is 0. The van der Waals surface area contributed by atoms with Crippen LogP contribution in [0.4, 0.5) is 5.69 Å². The summed E-state index contributed by atoms with van der Waals surface area (Å²) in [5.74, 6) is 0.101. The Balaban J connectivity index is 2.07. The van der Waals surface area contributed by atoms with E-state index in [2.05, 4.69) is 9.88 Å². The Morgan fingerprint density at radius 2 is 2.25 bits per heavy atom. The second-order valence-corrected chi connectivity index (χ2v) is 7.67. The lowest BCUT2D eigenvalue weighted by atomic mass is 9.94. The molecule has 0 N–H and O–H groups in total. The van der Waals surface area contributed by atoms with E-state index in [4.69, 9.17) is 21.6 Å². The molecular weight excluding hydrogens is 326 g/mol. The topological polar surface area (TPSA) is 66.2 Å². The van der Waals surface area contributed by atoms with Crippen molar-refractivity contribution < 1.29 is 9.53 Å². The molecule has 1 aromatic heterocycles. The van der Waals surface area contributed by atoms with Crippen molar-refractivity contribution in [2.75, 3.05) is 18.0 Å². The number of halogens is 1. The van der Waals surface area contributed by atoms with Crippen LogP contribution in [0.5, 0.6) is 0 Å². The molecule has 1 aliphatic heterocycles. The Kier molecular flexibility index (Phi) is 5.71. The Morgan fingerprint density at radius 3 is 2.88 bits per heavy atom. The van der Waals surface area contributed by atoms with Gasteiger partial charge in [-0.15, -0.1) is 0 Å². The highest BCUT2D eigenvalue weighted by Gasteiger charge is 2.26. The molecule has 130 valence electrons. The van der Waals surface area contributed by atoms with Gasteiger partial charge in [-0.2, -0.15) is 5.26 Å². The molecular formula is C18H24ClN3O2. The highest BCUT2D eigenvalue weighted by Crippen LogP contribution is 2.32. The maximum atomic E-state index is 12.1. The quantitative estimate of drug-likeness (QED) is 0.775. The fourth-order valence-electron chi connectivity index (χ4n) is 3.04. The van der Waals surface area contributed by atoms with Crippen molar-refractivity contribution in [3.63, 3.8) is 0 Å². The van der Waals surface area contributed by atoms with Crippen LogP contribution in [0.3, 0.4) is 0 Å². The zero-order valence-electron chi connectivity index (χ0n) is 14.7. The molecule has 1 aromatic rings. The number of aromatic nitrogens is 1. The van der Waals surface area contributed by atoms with Gasteiger partial charge in [0, 0.05) is 13.1 Å². The number of carbonyl (C=O) groups excluding carboxylic acids is 1. The number of anilines is 1. The number of carbonyl (C=O) groups is 1. The fraction of sp³-hybridized carbons (Fsp3) is 0.611. The Hall–Kier alpha value is -1.80. The molecule has 0 saturated carbocycles. The summed E-state index contributed by atoms with van der Waals surface area (Å²) >= 11 is 6.23. The van der Waals surface area contributed by atoms with Crippen LogP contribution in [-0.4, -0.2) is 29.6 Å². The molecule has 1 aliphatic rings. The summed E-state index contributed by atoms with van der Waals surface area (Å²) in [6, 6.07) is 2.00.